The molecule has 0 aromatic heterocycles. The first-order chi connectivity index (χ1) is 3.85. The summed E-state index contributed by atoms with van der Waals surface area (Å²) in [5.74, 6) is 0.639. The molecule has 0 aromatic carbocycles. The largest absolute Gasteiger partial charge is 0.330 e. The highest BCUT2D eigenvalue weighted by Gasteiger charge is 2.00. The van der Waals surface area contributed by atoms with E-state index < -0.39 is 0 Å². The fraction of sp³-hybridized carbons (Fsp3) is 1.00. The smallest absolute Gasteiger partial charge is 0.00362 e. The SMILES string of the molecule is NCCC(CN)CI. The Morgan fingerprint density at radius 1 is 1.38 bits per heavy atom. The lowest BCUT2D eigenvalue weighted by molar-refractivity contribution is 0.569. The highest BCUT2D eigenvalue weighted by Crippen LogP contribution is 2.02. The molecule has 1 atom stereocenters. The van der Waals surface area contributed by atoms with E-state index in [2.05, 4.69) is 22.6 Å². The van der Waals surface area contributed by atoms with E-state index in [1.165, 1.54) is 0 Å². The first-order valence-electron chi connectivity index (χ1n) is 2.81. The highest BCUT2D eigenvalue weighted by atomic mass is 127. The minimum absolute atomic E-state index is 0.639. The van der Waals surface area contributed by atoms with Gasteiger partial charge in [-0.05, 0) is 25.4 Å². The van der Waals surface area contributed by atoms with Crippen molar-refractivity contribution in [3.05, 3.63) is 0 Å². The number of rotatable bonds is 4. The van der Waals surface area contributed by atoms with Crippen molar-refractivity contribution >= 4 is 22.6 Å². The van der Waals surface area contributed by atoms with Crippen molar-refractivity contribution in [2.45, 2.75) is 6.42 Å². The van der Waals surface area contributed by atoms with Crippen LogP contribution in [0.15, 0.2) is 0 Å². The third-order valence-electron chi connectivity index (χ3n) is 1.13. The molecule has 50 valence electrons. The van der Waals surface area contributed by atoms with Gasteiger partial charge in [0, 0.05) is 4.43 Å². The molecule has 0 aliphatic carbocycles. The van der Waals surface area contributed by atoms with Crippen molar-refractivity contribution in [3.8, 4) is 0 Å². The van der Waals surface area contributed by atoms with Crippen LogP contribution >= 0.6 is 22.6 Å². The van der Waals surface area contributed by atoms with E-state index in [9.17, 15) is 0 Å². The first kappa shape index (κ1) is 8.65. The molecular weight excluding hydrogens is 215 g/mol. The molecule has 0 bridgehead atoms. The van der Waals surface area contributed by atoms with Crippen LogP contribution in [-0.2, 0) is 0 Å². The molecule has 8 heavy (non-hydrogen) atoms. The van der Waals surface area contributed by atoms with Crippen molar-refractivity contribution in [1.82, 2.24) is 0 Å². The summed E-state index contributed by atoms with van der Waals surface area (Å²) in [5.41, 5.74) is 10.7. The van der Waals surface area contributed by atoms with Crippen LogP contribution in [0.1, 0.15) is 6.42 Å². The number of hydrogen-bond acceptors (Lipinski definition) is 2. The highest BCUT2D eigenvalue weighted by molar-refractivity contribution is 14.1. The zero-order chi connectivity index (χ0) is 6.41. The Bertz CT molecular complexity index is 45.7. The molecule has 4 N–H and O–H groups in total. The molecular formula is C5H13IN2. The lowest BCUT2D eigenvalue weighted by Gasteiger charge is -2.07. The number of hydrogen-bond donors (Lipinski definition) is 2. The van der Waals surface area contributed by atoms with Gasteiger partial charge in [-0.2, -0.15) is 0 Å². The van der Waals surface area contributed by atoms with Crippen molar-refractivity contribution in [2.24, 2.45) is 17.4 Å². The van der Waals surface area contributed by atoms with Crippen molar-refractivity contribution in [3.63, 3.8) is 0 Å². The molecule has 0 aliphatic heterocycles. The molecule has 0 fully saturated rings. The number of halogens is 1. The molecule has 0 radical (unpaired) electrons. The molecule has 0 saturated heterocycles. The Labute approximate surface area is 64.1 Å². The van der Waals surface area contributed by atoms with Gasteiger partial charge < -0.3 is 11.5 Å². The van der Waals surface area contributed by atoms with Gasteiger partial charge in [0.25, 0.3) is 0 Å². The predicted molar refractivity (Wildman–Crippen MR) is 45.1 cm³/mol. The maximum Gasteiger partial charge on any atom is 0.00362 e. The maximum absolute atomic E-state index is 5.41. The Hall–Kier alpha value is 0.650. The fourth-order valence-electron chi connectivity index (χ4n) is 0.494. The Morgan fingerprint density at radius 2 is 2.00 bits per heavy atom. The van der Waals surface area contributed by atoms with E-state index in [1.807, 2.05) is 0 Å². The summed E-state index contributed by atoms with van der Waals surface area (Å²) >= 11 is 2.34. The summed E-state index contributed by atoms with van der Waals surface area (Å²) in [5, 5.41) is 0. The Morgan fingerprint density at radius 3 is 2.12 bits per heavy atom. The van der Waals surface area contributed by atoms with Crippen molar-refractivity contribution in [1.29, 1.82) is 0 Å². The standard InChI is InChI=1S/C5H13IN2/c6-3-5(4-8)1-2-7/h5H,1-4,7-8H2. The second-order valence-electron chi connectivity index (χ2n) is 1.83. The average molecular weight is 228 g/mol. The summed E-state index contributed by atoms with van der Waals surface area (Å²) in [6.07, 6.45) is 1.07. The molecule has 0 heterocycles. The van der Waals surface area contributed by atoms with Gasteiger partial charge in [0.05, 0.1) is 0 Å². The van der Waals surface area contributed by atoms with E-state index in [-0.39, 0.29) is 0 Å². The fourth-order valence-corrected chi connectivity index (χ4v) is 1.29. The zero-order valence-corrected chi connectivity index (χ0v) is 7.10. The summed E-state index contributed by atoms with van der Waals surface area (Å²) < 4.78 is 1.13. The number of nitrogens with two attached hydrogens (primary N) is 2. The third kappa shape index (κ3) is 3.63. The second-order valence-corrected chi connectivity index (χ2v) is 2.71. The molecule has 2 nitrogen and oxygen atoms in total. The molecule has 0 saturated carbocycles. The molecule has 1 unspecified atom stereocenters. The van der Waals surface area contributed by atoms with Gasteiger partial charge >= 0.3 is 0 Å². The van der Waals surface area contributed by atoms with Crippen LogP contribution in [-0.4, -0.2) is 17.5 Å². The average Bonchev–Trinajstić information content (AvgIpc) is 1.83. The van der Waals surface area contributed by atoms with Gasteiger partial charge in [0.1, 0.15) is 0 Å². The van der Waals surface area contributed by atoms with E-state index >= 15 is 0 Å². The van der Waals surface area contributed by atoms with Crippen molar-refractivity contribution < 1.29 is 0 Å². The minimum Gasteiger partial charge on any atom is -0.330 e. The summed E-state index contributed by atoms with van der Waals surface area (Å²) in [7, 11) is 0. The Balaban J connectivity index is 3.07. The minimum atomic E-state index is 0.639. The van der Waals surface area contributed by atoms with Crippen LogP contribution in [0.5, 0.6) is 0 Å². The van der Waals surface area contributed by atoms with Gasteiger partial charge in [-0.15, -0.1) is 0 Å². The third-order valence-corrected chi connectivity index (χ3v) is 2.37. The summed E-state index contributed by atoms with van der Waals surface area (Å²) in [4.78, 5) is 0. The normalized spacial score (nSPS) is 13.9. The lowest BCUT2D eigenvalue weighted by atomic mass is 10.1. The molecule has 0 spiro atoms. The zero-order valence-electron chi connectivity index (χ0n) is 4.94. The van der Waals surface area contributed by atoms with Crippen LogP contribution < -0.4 is 11.5 Å². The van der Waals surface area contributed by atoms with Gasteiger partial charge in [0.15, 0.2) is 0 Å². The quantitative estimate of drug-likeness (QED) is 0.538. The Kier molecular flexibility index (Phi) is 6.25. The predicted octanol–water partition coefficient (Wildman–Crippen LogP) is 0.345. The monoisotopic (exact) mass is 228 g/mol. The first-order valence-corrected chi connectivity index (χ1v) is 4.33. The van der Waals surface area contributed by atoms with Crippen molar-refractivity contribution in [2.75, 3.05) is 17.5 Å². The molecule has 3 heteroatoms. The topological polar surface area (TPSA) is 52.0 Å². The molecule has 0 aliphatic rings. The molecule has 0 rings (SSSR count). The van der Waals surface area contributed by atoms with Crippen LogP contribution in [0, 0.1) is 5.92 Å². The summed E-state index contributed by atoms with van der Waals surface area (Å²) in [6.45, 7) is 1.55. The molecule has 0 aromatic rings. The number of alkyl halides is 1. The van der Waals surface area contributed by atoms with E-state index in [0.717, 1.165) is 23.9 Å². The summed E-state index contributed by atoms with van der Waals surface area (Å²) in [6, 6.07) is 0. The molecule has 0 amide bonds. The van der Waals surface area contributed by atoms with E-state index in [4.69, 9.17) is 11.5 Å². The lowest BCUT2D eigenvalue weighted by Crippen LogP contribution is -2.18. The van der Waals surface area contributed by atoms with Gasteiger partial charge in [-0.25, -0.2) is 0 Å². The van der Waals surface area contributed by atoms with Crippen LogP contribution in [0.25, 0.3) is 0 Å². The van der Waals surface area contributed by atoms with Crippen LogP contribution in [0.4, 0.5) is 0 Å². The van der Waals surface area contributed by atoms with Crippen LogP contribution in [0.2, 0.25) is 0 Å². The second kappa shape index (κ2) is 5.78. The van der Waals surface area contributed by atoms with Crippen LogP contribution in [0.3, 0.4) is 0 Å². The van der Waals surface area contributed by atoms with Gasteiger partial charge in [-0.3, -0.25) is 0 Å². The van der Waals surface area contributed by atoms with E-state index in [0.29, 0.717) is 5.92 Å². The van der Waals surface area contributed by atoms with Gasteiger partial charge in [-0.1, -0.05) is 22.6 Å². The van der Waals surface area contributed by atoms with E-state index in [1.54, 1.807) is 0 Å². The van der Waals surface area contributed by atoms with Gasteiger partial charge in [0.2, 0.25) is 0 Å². The maximum atomic E-state index is 5.41.